The van der Waals surface area contributed by atoms with Crippen molar-refractivity contribution in [2.45, 2.75) is 11.8 Å². The van der Waals surface area contributed by atoms with Gasteiger partial charge in [-0.25, -0.2) is 0 Å². The normalized spacial score (nSPS) is 19.7. The van der Waals surface area contributed by atoms with Crippen molar-refractivity contribution in [2.24, 2.45) is 0 Å². The number of benzene rings is 3. The maximum atomic E-state index is 6.36. The first-order valence-corrected chi connectivity index (χ1v) is 9.97. The zero-order valence-corrected chi connectivity index (χ0v) is 17.0. The van der Waals surface area contributed by atoms with Gasteiger partial charge in [-0.05, 0) is 57.6 Å². The molecular weight excluding hydrogens is 471 g/mol. The van der Waals surface area contributed by atoms with Crippen LogP contribution in [0.15, 0.2) is 57.5 Å². The minimum Gasteiger partial charge on any atom is -0.0827 e. The minimum absolute atomic E-state index is 0.179. The molecule has 3 aromatic rings. The van der Waals surface area contributed by atoms with E-state index in [0.717, 1.165) is 8.95 Å². The topological polar surface area (TPSA) is 0 Å². The Morgan fingerprint density at radius 2 is 1.04 bits per heavy atom. The second-order valence-electron chi connectivity index (χ2n) is 6.25. The van der Waals surface area contributed by atoms with Crippen molar-refractivity contribution >= 4 is 55.1 Å². The SMILES string of the molecule is Clc1cc2c(cc1Cl)C1c3cccc(Br)c3C2c2cccc(Br)c21. The fraction of sp³-hybridized carbons (Fsp3) is 0.100. The lowest BCUT2D eigenvalue weighted by atomic mass is 9.61. The van der Waals surface area contributed by atoms with Gasteiger partial charge in [0.15, 0.2) is 0 Å². The molecule has 0 N–H and O–H groups in total. The van der Waals surface area contributed by atoms with Crippen LogP contribution < -0.4 is 0 Å². The molecule has 0 aliphatic heterocycles. The highest BCUT2D eigenvalue weighted by Crippen LogP contribution is 2.59. The first-order chi connectivity index (χ1) is 11.6. The molecule has 0 amide bonds. The quantitative estimate of drug-likeness (QED) is 0.215. The highest BCUT2D eigenvalue weighted by Gasteiger charge is 2.43. The van der Waals surface area contributed by atoms with Crippen LogP contribution in [0.1, 0.15) is 45.2 Å². The monoisotopic (exact) mass is 478 g/mol. The van der Waals surface area contributed by atoms with Crippen molar-refractivity contribution in [3.05, 3.63) is 101 Å². The molecule has 0 saturated carbocycles. The van der Waals surface area contributed by atoms with Crippen LogP contribution in [0.4, 0.5) is 0 Å². The summed E-state index contributed by atoms with van der Waals surface area (Å²) in [6.45, 7) is 0. The summed E-state index contributed by atoms with van der Waals surface area (Å²) >= 11 is 20.2. The van der Waals surface area contributed by atoms with Gasteiger partial charge in [-0.1, -0.05) is 79.3 Å². The van der Waals surface area contributed by atoms with E-state index < -0.39 is 0 Å². The molecule has 6 rings (SSSR count). The smallest absolute Gasteiger partial charge is 0.0595 e. The molecule has 2 unspecified atom stereocenters. The third kappa shape index (κ3) is 1.92. The summed E-state index contributed by atoms with van der Waals surface area (Å²) < 4.78 is 2.30. The number of hydrogen-bond donors (Lipinski definition) is 0. The summed E-state index contributed by atoms with van der Waals surface area (Å²) in [7, 11) is 0. The second-order valence-corrected chi connectivity index (χ2v) is 8.77. The average Bonchev–Trinajstić information content (AvgIpc) is 2.56. The molecule has 3 aliphatic carbocycles. The summed E-state index contributed by atoms with van der Waals surface area (Å²) in [4.78, 5) is 0. The Bertz CT molecular complexity index is 944. The molecule has 3 aromatic carbocycles. The summed E-state index contributed by atoms with van der Waals surface area (Å²) in [5, 5.41) is 1.24. The number of hydrogen-bond acceptors (Lipinski definition) is 0. The van der Waals surface area contributed by atoms with Crippen LogP contribution >= 0.6 is 55.1 Å². The van der Waals surface area contributed by atoms with Crippen LogP contribution in [-0.4, -0.2) is 0 Å². The van der Waals surface area contributed by atoms with E-state index in [-0.39, 0.29) is 11.8 Å². The van der Waals surface area contributed by atoms with Crippen molar-refractivity contribution in [2.75, 3.05) is 0 Å². The zero-order valence-electron chi connectivity index (χ0n) is 12.3. The van der Waals surface area contributed by atoms with Crippen molar-refractivity contribution in [1.29, 1.82) is 0 Å². The summed E-state index contributed by atoms with van der Waals surface area (Å²) in [6.07, 6.45) is 0. The zero-order chi connectivity index (χ0) is 16.6. The molecule has 24 heavy (non-hydrogen) atoms. The lowest BCUT2D eigenvalue weighted by Gasteiger charge is -2.43. The van der Waals surface area contributed by atoms with E-state index in [9.17, 15) is 0 Å². The van der Waals surface area contributed by atoms with Crippen molar-refractivity contribution in [1.82, 2.24) is 0 Å². The second kappa shape index (κ2) is 5.35. The lowest BCUT2D eigenvalue weighted by Crippen LogP contribution is -2.28. The van der Waals surface area contributed by atoms with E-state index >= 15 is 0 Å². The van der Waals surface area contributed by atoms with Gasteiger partial charge in [0.2, 0.25) is 0 Å². The number of rotatable bonds is 0. The van der Waals surface area contributed by atoms with Crippen LogP contribution in [0.2, 0.25) is 10.0 Å². The van der Waals surface area contributed by atoms with Crippen LogP contribution in [0, 0.1) is 0 Å². The third-order valence-electron chi connectivity index (χ3n) is 5.12. The Hall–Kier alpha value is -0.800. The molecule has 0 heterocycles. The predicted octanol–water partition coefficient (Wildman–Crippen LogP) is 7.51. The van der Waals surface area contributed by atoms with Gasteiger partial charge in [-0.2, -0.15) is 0 Å². The highest BCUT2D eigenvalue weighted by atomic mass is 79.9. The summed E-state index contributed by atoms with van der Waals surface area (Å²) in [6, 6.07) is 17.0. The van der Waals surface area contributed by atoms with E-state index in [1.54, 1.807) is 0 Å². The Balaban J connectivity index is 1.94. The summed E-state index contributed by atoms with van der Waals surface area (Å²) in [5.74, 6) is 0.357. The van der Waals surface area contributed by atoms with Crippen molar-refractivity contribution < 1.29 is 0 Å². The van der Waals surface area contributed by atoms with Gasteiger partial charge in [0.1, 0.15) is 0 Å². The fourth-order valence-corrected chi connectivity index (χ4v) is 5.82. The Morgan fingerprint density at radius 1 is 0.625 bits per heavy atom. The molecule has 0 nitrogen and oxygen atoms in total. The van der Waals surface area contributed by atoms with Crippen LogP contribution in [0.5, 0.6) is 0 Å². The van der Waals surface area contributed by atoms with E-state index in [1.807, 2.05) is 12.1 Å². The Labute approximate surface area is 167 Å². The highest BCUT2D eigenvalue weighted by molar-refractivity contribution is 9.10. The maximum absolute atomic E-state index is 6.36. The molecule has 0 saturated heterocycles. The van der Waals surface area contributed by atoms with Gasteiger partial charge in [-0.3, -0.25) is 0 Å². The van der Waals surface area contributed by atoms with Crippen LogP contribution in [0.25, 0.3) is 0 Å². The van der Waals surface area contributed by atoms with Gasteiger partial charge in [-0.15, -0.1) is 0 Å². The molecule has 0 radical (unpaired) electrons. The Kier molecular flexibility index (Phi) is 3.44. The third-order valence-corrected chi connectivity index (χ3v) is 7.23. The fourth-order valence-electron chi connectivity index (χ4n) is 4.25. The maximum Gasteiger partial charge on any atom is 0.0595 e. The lowest BCUT2D eigenvalue weighted by molar-refractivity contribution is 0.747. The first kappa shape index (κ1) is 15.5. The average molecular weight is 481 g/mol. The number of halogens is 4. The van der Waals surface area contributed by atoms with Crippen LogP contribution in [0.3, 0.4) is 0 Å². The molecule has 3 aliphatic rings. The first-order valence-electron chi connectivity index (χ1n) is 7.63. The largest absolute Gasteiger partial charge is 0.0827 e. The van der Waals surface area contributed by atoms with Crippen LogP contribution in [-0.2, 0) is 0 Å². The minimum atomic E-state index is 0.179. The van der Waals surface area contributed by atoms with E-state index in [1.165, 1.54) is 33.4 Å². The van der Waals surface area contributed by atoms with Gasteiger partial charge < -0.3 is 0 Å². The predicted molar refractivity (Wildman–Crippen MR) is 107 cm³/mol. The molecule has 0 spiro atoms. The molecule has 0 fully saturated rings. The van der Waals surface area contributed by atoms with E-state index in [4.69, 9.17) is 23.2 Å². The molecule has 0 aromatic heterocycles. The summed E-state index contributed by atoms with van der Waals surface area (Å²) in [5.41, 5.74) is 7.91. The molecule has 2 atom stereocenters. The van der Waals surface area contributed by atoms with Gasteiger partial charge in [0.05, 0.1) is 10.0 Å². The van der Waals surface area contributed by atoms with Gasteiger partial charge >= 0.3 is 0 Å². The molecule has 2 bridgehead atoms. The van der Waals surface area contributed by atoms with Crippen molar-refractivity contribution in [3.63, 3.8) is 0 Å². The molecular formula is C20H10Br2Cl2. The molecule has 4 heteroatoms. The van der Waals surface area contributed by atoms with E-state index in [2.05, 4.69) is 68.3 Å². The standard InChI is InChI=1S/C20H10Br2Cl2/c21-13-5-1-3-9-17-11-7-15(23)16(24)8-12(11)18(19(9)13)10-4-2-6-14(22)20(10)17/h1-8,17-18H. The Morgan fingerprint density at radius 3 is 1.46 bits per heavy atom. The van der Waals surface area contributed by atoms with Crippen molar-refractivity contribution in [3.8, 4) is 0 Å². The van der Waals surface area contributed by atoms with Gasteiger partial charge in [0, 0.05) is 20.8 Å². The molecule has 118 valence electrons. The van der Waals surface area contributed by atoms with E-state index in [0.29, 0.717) is 10.0 Å². The van der Waals surface area contributed by atoms with Gasteiger partial charge in [0.25, 0.3) is 0 Å².